The summed E-state index contributed by atoms with van der Waals surface area (Å²) in [6, 6.07) is 18.1. The third-order valence-corrected chi connectivity index (χ3v) is 4.86. The topological polar surface area (TPSA) is 143 Å². The minimum atomic E-state index is 0.00625. The third kappa shape index (κ3) is 3.38. The number of hydrogen-bond donors (Lipinski definition) is 0. The first kappa shape index (κ1) is 19.6. The number of rotatable bonds is 0. The normalized spacial score (nSPS) is 16.1. The molecule has 0 unspecified atom stereocenters. The molecule has 136 valence electrons. The van der Waals surface area contributed by atoms with Crippen molar-refractivity contribution in [3.8, 4) is 36.4 Å². The van der Waals surface area contributed by atoms with Crippen LogP contribution in [0.1, 0.15) is 12.8 Å². The van der Waals surface area contributed by atoms with Gasteiger partial charge in [0.2, 0.25) is 0 Å². The van der Waals surface area contributed by atoms with Crippen LogP contribution in [-0.2, 0) is 0 Å². The fourth-order valence-electron chi connectivity index (χ4n) is 3.36. The fraction of sp³-hybridized carbons (Fsp3) is 0.0833. The molecular weight excluding hydrogens is 372 g/mol. The summed E-state index contributed by atoms with van der Waals surface area (Å²) in [6.45, 7) is 0. The molecule has 1 saturated carbocycles. The smallest absolute Gasteiger partial charge is 0.138 e. The average molecular weight is 382 g/mol. The molecule has 0 amide bonds. The van der Waals surface area contributed by atoms with Gasteiger partial charge in [-0.3, -0.25) is 0 Å². The first-order valence-electron chi connectivity index (χ1n) is 8.78. The van der Waals surface area contributed by atoms with Crippen molar-refractivity contribution in [1.29, 1.82) is 31.6 Å². The highest BCUT2D eigenvalue weighted by Crippen LogP contribution is 2.51. The van der Waals surface area contributed by atoms with Crippen molar-refractivity contribution in [2.45, 2.75) is 12.8 Å². The van der Waals surface area contributed by atoms with Crippen LogP contribution in [-0.4, -0.2) is 0 Å². The zero-order valence-electron chi connectivity index (χ0n) is 15.6. The zero-order chi connectivity index (χ0) is 21.7. The molecule has 3 rings (SSSR count). The van der Waals surface area contributed by atoms with Crippen LogP contribution in [0, 0.1) is 68.0 Å². The van der Waals surface area contributed by atoms with Gasteiger partial charge in [-0.25, -0.2) is 0 Å². The highest BCUT2D eigenvalue weighted by molar-refractivity contribution is 6.09. The molecular formula is C24H10N6. The molecule has 0 atom stereocenters. The van der Waals surface area contributed by atoms with Gasteiger partial charge in [-0.15, -0.1) is 0 Å². The second-order valence-corrected chi connectivity index (χ2v) is 6.38. The Morgan fingerprint density at radius 3 is 1.63 bits per heavy atom. The van der Waals surface area contributed by atoms with E-state index in [4.69, 9.17) is 21.0 Å². The minimum Gasteiger partial charge on any atom is -0.192 e. The van der Waals surface area contributed by atoms with Gasteiger partial charge in [-0.2, -0.15) is 31.6 Å². The Morgan fingerprint density at radius 1 is 0.600 bits per heavy atom. The maximum absolute atomic E-state index is 9.34. The summed E-state index contributed by atoms with van der Waals surface area (Å²) in [5.74, 6) is 0. The SMILES string of the molecule is N#CC(C#N)=C1C=C/C(=C2/C(=C(C#N)C#N)C2=c2ccc(=C(C#N)C#N)cc2)CC1. The van der Waals surface area contributed by atoms with Crippen LogP contribution < -0.4 is 10.4 Å². The van der Waals surface area contributed by atoms with Crippen molar-refractivity contribution < 1.29 is 0 Å². The van der Waals surface area contributed by atoms with Crippen LogP contribution in [0.2, 0.25) is 0 Å². The van der Waals surface area contributed by atoms with Crippen molar-refractivity contribution in [3.63, 3.8) is 0 Å². The summed E-state index contributed by atoms with van der Waals surface area (Å²) in [4.78, 5) is 0. The fourth-order valence-corrected chi connectivity index (χ4v) is 3.36. The van der Waals surface area contributed by atoms with Crippen LogP contribution in [0.5, 0.6) is 0 Å². The molecule has 2 aliphatic carbocycles. The van der Waals surface area contributed by atoms with Crippen LogP contribution in [0.15, 0.2) is 69.9 Å². The molecule has 0 aromatic heterocycles. The molecule has 0 heterocycles. The monoisotopic (exact) mass is 382 g/mol. The molecule has 0 spiro atoms. The summed E-state index contributed by atoms with van der Waals surface area (Å²) in [5, 5.41) is 56.0. The molecule has 1 fully saturated rings. The van der Waals surface area contributed by atoms with E-state index in [2.05, 4.69) is 0 Å². The summed E-state index contributed by atoms with van der Waals surface area (Å²) in [6.07, 6.45) is 4.63. The summed E-state index contributed by atoms with van der Waals surface area (Å²) < 4.78 is 0. The number of allylic oxidation sites excluding steroid dienone is 8. The van der Waals surface area contributed by atoms with E-state index >= 15 is 0 Å². The van der Waals surface area contributed by atoms with Gasteiger partial charge in [0.05, 0.1) is 0 Å². The Balaban J connectivity index is 2.23. The Kier molecular flexibility index (Phi) is 5.40. The van der Waals surface area contributed by atoms with Crippen LogP contribution in [0.3, 0.4) is 0 Å². The largest absolute Gasteiger partial charge is 0.192 e. The van der Waals surface area contributed by atoms with E-state index in [1.165, 1.54) is 0 Å². The van der Waals surface area contributed by atoms with Gasteiger partial charge in [-0.05, 0) is 40.4 Å². The molecule has 0 saturated heterocycles. The standard InChI is InChI=1S/C24H10N6/c25-9-19(10-26)15-1-5-17(6-2-15)22-23(24(22)21(13-29)14-30)18-7-3-16(4-8-18)20(11-27)12-28/h1-3,5-7H,4,8H2/b23-18-. The molecule has 0 aliphatic heterocycles. The summed E-state index contributed by atoms with van der Waals surface area (Å²) in [7, 11) is 0. The Hall–Kier alpha value is -5.14. The number of nitriles is 6. The Labute approximate surface area is 172 Å². The Morgan fingerprint density at radius 2 is 1.17 bits per heavy atom. The molecule has 0 bridgehead atoms. The lowest BCUT2D eigenvalue weighted by atomic mass is 9.93. The van der Waals surface area contributed by atoms with E-state index in [1.54, 1.807) is 30.3 Å². The highest BCUT2D eigenvalue weighted by atomic mass is 14.4. The van der Waals surface area contributed by atoms with Crippen molar-refractivity contribution >= 4 is 11.1 Å². The molecule has 0 N–H and O–H groups in total. The van der Waals surface area contributed by atoms with Crippen LogP contribution in [0.25, 0.3) is 11.1 Å². The van der Waals surface area contributed by atoms with Gasteiger partial charge >= 0.3 is 0 Å². The summed E-state index contributed by atoms with van der Waals surface area (Å²) >= 11 is 0. The maximum Gasteiger partial charge on any atom is 0.138 e. The first-order valence-corrected chi connectivity index (χ1v) is 8.78. The van der Waals surface area contributed by atoms with Crippen molar-refractivity contribution in [3.05, 3.63) is 80.3 Å². The van der Waals surface area contributed by atoms with Gasteiger partial charge in [0, 0.05) is 10.8 Å². The summed E-state index contributed by atoms with van der Waals surface area (Å²) in [5.41, 5.74) is 3.88. The minimum absolute atomic E-state index is 0.00625. The molecule has 6 heteroatoms. The van der Waals surface area contributed by atoms with Crippen molar-refractivity contribution in [2.75, 3.05) is 0 Å². The Bertz CT molecular complexity index is 1410. The third-order valence-electron chi connectivity index (χ3n) is 4.86. The van der Waals surface area contributed by atoms with E-state index in [0.717, 1.165) is 21.9 Å². The van der Waals surface area contributed by atoms with Crippen LogP contribution in [0.4, 0.5) is 0 Å². The van der Waals surface area contributed by atoms with E-state index in [9.17, 15) is 10.5 Å². The number of nitrogens with zero attached hydrogens (tertiary/aromatic N) is 6. The lowest BCUT2D eigenvalue weighted by Crippen LogP contribution is -2.09. The van der Waals surface area contributed by atoms with Gasteiger partial charge < -0.3 is 0 Å². The van der Waals surface area contributed by atoms with Gasteiger partial charge in [0.1, 0.15) is 53.1 Å². The molecule has 30 heavy (non-hydrogen) atoms. The average Bonchev–Trinajstić information content (AvgIpc) is 3.52. The van der Waals surface area contributed by atoms with Crippen molar-refractivity contribution in [1.82, 2.24) is 0 Å². The quantitative estimate of drug-likeness (QED) is 0.630. The lowest BCUT2D eigenvalue weighted by Gasteiger charge is -2.10. The van der Waals surface area contributed by atoms with Gasteiger partial charge in [-0.1, -0.05) is 36.4 Å². The van der Waals surface area contributed by atoms with Crippen LogP contribution >= 0.6 is 0 Å². The second kappa shape index (κ2) is 8.26. The maximum atomic E-state index is 9.34. The first-order chi connectivity index (χ1) is 14.6. The molecule has 1 aromatic rings. The predicted octanol–water partition coefficient (Wildman–Crippen LogP) is 2.38. The number of benzene rings is 1. The lowest BCUT2D eigenvalue weighted by molar-refractivity contribution is 0.940. The zero-order valence-corrected chi connectivity index (χ0v) is 15.6. The number of hydrogen-bond acceptors (Lipinski definition) is 6. The highest BCUT2D eigenvalue weighted by Gasteiger charge is 2.37. The van der Waals surface area contributed by atoms with Gasteiger partial charge in [0.15, 0.2) is 0 Å². The molecule has 1 aromatic carbocycles. The molecule has 0 radical (unpaired) electrons. The molecule has 6 nitrogen and oxygen atoms in total. The van der Waals surface area contributed by atoms with E-state index in [-0.39, 0.29) is 16.7 Å². The van der Waals surface area contributed by atoms with E-state index in [1.807, 2.05) is 42.5 Å². The molecule has 2 aliphatic rings. The van der Waals surface area contributed by atoms with Crippen molar-refractivity contribution in [2.24, 2.45) is 0 Å². The van der Waals surface area contributed by atoms with E-state index < -0.39 is 0 Å². The van der Waals surface area contributed by atoms with E-state index in [0.29, 0.717) is 29.2 Å². The van der Waals surface area contributed by atoms with Gasteiger partial charge in [0.25, 0.3) is 0 Å². The predicted molar refractivity (Wildman–Crippen MR) is 106 cm³/mol. The second-order valence-electron chi connectivity index (χ2n) is 6.38.